The van der Waals surface area contributed by atoms with Gasteiger partial charge < -0.3 is 34.4 Å². The van der Waals surface area contributed by atoms with Crippen LogP contribution in [-0.4, -0.2) is 78.9 Å². The molecule has 4 amide bonds. The molecule has 0 radical (unpaired) electrons. The first kappa shape index (κ1) is 49.4. The van der Waals surface area contributed by atoms with Crippen LogP contribution in [0.5, 0.6) is 5.75 Å². The highest BCUT2D eigenvalue weighted by molar-refractivity contribution is 6.40. The quantitative estimate of drug-likeness (QED) is 0.0375. The van der Waals surface area contributed by atoms with E-state index in [0.717, 1.165) is 18.4 Å². The second-order valence-electron chi connectivity index (χ2n) is 16.1. The molecule has 322 valence electrons. The Bertz CT molecular complexity index is 1650. The van der Waals surface area contributed by atoms with Crippen LogP contribution in [-0.2, 0) is 36.9 Å². The molecular formula is C41H60Cl2N6O9. The monoisotopic (exact) mass is 850 g/mol. The van der Waals surface area contributed by atoms with E-state index in [-0.39, 0.29) is 47.1 Å². The predicted octanol–water partition coefficient (Wildman–Crippen LogP) is 8.48. The van der Waals surface area contributed by atoms with Crippen LogP contribution in [0, 0.1) is 0 Å². The summed E-state index contributed by atoms with van der Waals surface area (Å²) in [5.41, 5.74) is -0.447. The van der Waals surface area contributed by atoms with Crippen LogP contribution in [0.25, 0.3) is 0 Å². The largest absolute Gasteiger partial charge is 0.490 e. The second kappa shape index (κ2) is 24.2. The molecule has 2 rings (SSSR count). The number of hydrogen-bond donors (Lipinski definition) is 4. The SMILES string of the molecule is CC(C)(C)OC(=O)NCCCOc1c(Cl)cc(CC(=NOCc2ccccc2)C(=O)NCCCCCCN=C(NC(=O)OC(C)(C)C)NC(=O)OC(C)(C)C)cc1Cl. The van der Waals surface area contributed by atoms with E-state index in [9.17, 15) is 19.2 Å². The number of carbonyl (C=O) groups is 4. The number of guanidine groups is 1. The number of alkyl carbamates (subject to hydrolysis) is 3. The zero-order valence-corrected chi connectivity index (χ0v) is 36.7. The fourth-order valence-electron chi connectivity index (χ4n) is 4.71. The Morgan fingerprint density at radius 2 is 1.19 bits per heavy atom. The molecule has 0 spiro atoms. The van der Waals surface area contributed by atoms with E-state index in [1.165, 1.54) is 0 Å². The van der Waals surface area contributed by atoms with Gasteiger partial charge in [-0.25, -0.2) is 14.4 Å². The third kappa shape index (κ3) is 22.8. The van der Waals surface area contributed by atoms with Gasteiger partial charge in [0.1, 0.15) is 29.1 Å². The zero-order valence-electron chi connectivity index (χ0n) is 35.1. The standard InChI is InChI=1S/C41H60Cl2N6O9/c1-39(2,3)56-36(51)46-22-17-23-54-33-30(42)24-29(25-31(33)43)26-32(49-55-27-28-18-13-12-14-19-28)34(50)44-20-15-10-11-16-21-45-35(47-37(52)57-40(4,5)6)48-38(53)58-41(7,8)9/h12-14,18-19,24-25H,10-11,15-17,20-23,26-27H2,1-9H3,(H,44,50)(H,46,51)(H2,45,47,48,52,53). The average Bonchev–Trinajstić information content (AvgIpc) is 3.07. The smallest absolute Gasteiger partial charge is 0.414 e. The van der Waals surface area contributed by atoms with Crippen LogP contribution in [0.15, 0.2) is 52.6 Å². The highest BCUT2D eigenvalue weighted by atomic mass is 35.5. The molecular weight excluding hydrogens is 791 g/mol. The number of benzene rings is 2. The molecule has 0 fully saturated rings. The van der Waals surface area contributed by atoms with Crippen molar-refractivity contribution < 1.29 is 43.0 Å². The molecule has 0 aliphatic carbocycles. The number of ether oxygens (including phenoxy) is 4. The fraction of sp³-hybridized carbons (Fsp3) is 0.561. The topological polar surface area (TPSA) is 187 Å². The molecule has 58 heavy (non-hydrogen) atoms. The number of nitrogens with zero attached hydrogens (tertiary/aromatic N) is 2. The minimum atomic E-state index is -0.762. The molecule has 0 aliphatic heterocycles. The number of rotatable bonds is 18. The Morgan fingerprint density at radius 1 is 0.655 bits per heavy atom. The lowest BCUT2D eigenvalue weighted by atomic mass is 10.1. The number of nitrogens with one attached hydrogen (secondary N) is 4. The summed E-state index contributed by atoms with van der Waals surface area (Å²) in [6.07, 6.45) is 1.37. The number of amides is 4. The van der Waals surface area contributed by atoms with Crippen molar-refractivity contribution in [1.82, 2.24) is 21.3 Å². The lowest BCUT2D eigenvalue weighted by Crippen LogP contribution is -2.47. The molecule has 4 N–H and O–H groups in total. The third-order valence-electron chi connectivity index (χ3n) is 7.06. The molecule has 17 heteroatoms. The summed E-state index contributed by atoms with van der Waals surface area (Å²) in [6, 6.07) is 12.8. The van der Waals surface area contributed by atoms with E-state index < -0.39 is 41.0 Å². The van der Waals surface area contributed by atoms with Gasteiger partial charge in [0.05, 0.1) is 16.7 Å². The van der Waals surface area contributed by atoms with Crippen molar-refractivity contribution in [2.75, 3.05) is 26.2 Å². The minimum Gasteiger partial charge on any atom is -0.490 e. The van der Waals surface area contributed by atoms with Gasteiger partial charge in [-0.15, -0.1) is 0 Å². The Morgan fingerprint density at radius 3 is 1.76 bits per heavy atom. The van der Waals surface area contributed by atoms with E-state index >= 15 is 0 Å². The molecule has 0 aliphatic rings. The Kier molecular flexibility index (Phi) is 20.6. The Balaban J connectivity index is 1.96. The number of hydrogen-bond acceptors (Lipinski definition) is 11. The van der Waals surface area contributed by atoms with Crippen molar-refractivity contribution in [2.24, 2.45) is 10.1 Å². The van der Waals surface area contributed by atoms with Crippen LogP contribution in [0.3, 0.4) is 0 Å². The summed E-state index contributed by atoms with van der Waals surface area (Å²) in [6.45, 7) is 17.1. The number of halogens is 2. The highest BCUT2D eigenvalue weighted by Gasteiger charge is 2.22. The first-order chi connectivity index (χ1) is 27.1. The lowest BCUT2D eigenvalue weighted by Gasteiger charge is -2.22. The van der Waals surface area contributed by atoms with Crippen LogP contribution in [0.1, 0.15) is 106 Å². The molecule has 0 unspecified atom stereocenters. The van der Waals surface area contributed by atoms with Crippen LogP contribution < -0.4 is 26.0 Å². The van der Waals surface area contributed by atoms with Gasteiger partial charge in [-0.3, -0.25) is 20.4 Å². The average molecular weight is 852 g/mol. The van der Waals surface area contributed by atoms with Crippen molar-refractivity contribution in [3.63, 3.8) is 0 Å². The fourth-order valence-corrected chi connectivity index (χ4v) is 5.35. The lowest BCUT2D eigenvalue weighted by molar-refractivity contribution is -0.115. The summed E-state index contributed by atoms with van der Waals surface area (Å²) in [5.74, 6) is -0.201. The Hall–Kier alpha value is -4.76. The third-order valence-corrected chi connectivity index (χ3v) is 7.62. The maximum Gasteiger partial charge on any atom is 0.414 e. The number of unbranched alkanes of at least 4 members (excludes halogenated alkanes) is 3. The van der Waals surface area contributed by atoms with Crippen molar-refractivity contribution in [3.05, 3.63) is 63.6 Å². The molecule has 15 nitrogen and oxygen atoms in total. The van der Waals surface area contributed by atoms with E-state index in [1.54, 1.807) is 74.4 Å². The van der Waals surface area contributed by atoms with Crippen molar-refractivity contribution >= 4 is 59.1 Å². The first-order valence-corrected chi connectivity index (χ1v) is 20.0. The van der Waals surface area contributed by atoms with Crippen molar-refractivity contribution in [3.8, 4) is 5.75 Å². The van der Waals surface area contributed by atoms with E-state index in [2.05, 4.69) is 31.4 Å². The minimum absolute atomic E-state index is 0.0773. The maximum absolute atomic E-state index is 13.4. The van der Waals surface area contributed by atoms with Gasteiger partial charge in [-0.1, -0.05) is 71.5 Å². The number of aliphatic imine (C=N–C) groups is 1. The summed E-state index contributed by atoms with van der Waals surface area (Å²) in [4.78, 5) is 59.8. The van der Waals surface area contributed by atoms with Crippen molar-refractivity contribution in [2.45, 2.75) is 124 Å². The molecule has 0 aromatic heterocycles. The van der Waals surface area contributed by atoms with Gasteiger partial charge in [0.2, 0.25) is 5.96 Å². The van der Waals surface area contributed by atoms with Gasteiger partial charge in [-0.2, -0.15) is 0 Å². The highest BCUT2D eigenvalue weighted by Crippen LogP contribution is 2.34. The molecule has 0 heterocycles. The predicted molar refractivity (Wildman–Crippen MR) is 226 cm³/mol. The number of carbonyl (C=O) groups excluding carboxylic acids is 4. The van der Waals surface area contributed by atoms with Gasteiger partial charge in [-0.05, 0) is 105 Å². The molecule has 2 aromatic carbocycles. The van der Waals surface area contributed by atoms with Gasteiger partial charge in [0, 0.05) is 26.1 Å². The second-order valence-corrected chi connectivity index (χ2v) is 17.0. The first-order valence-electron chi connectivity index (χ1n) is 19.2. The zero-order chi connectivity index (χ0) is 43.4. The molecule has 0 saturated heterocycles. The van der Waals surface area contributed by atoms with Gasteiger partial charge in [0.15, 0.2) is 5.75 Å². The molecule has 2 aromatic rings. The summed E-state index contributed by atoms with van der Waals surface area (Å²) in [5, 5.41) is 15.2. The van der Waals surface area contributed by atoms with Gasteiger partial charge in [0.25, 0.3) is 5.91 Å². The summed E-state index contributed by atoms with van der Waals surface area (Å²) in [7, 11) is 0. The van der Waals surface area contributed by atoms with Gasteiger partial charge >= 0.3 is 18.3 Å². The van der Waals surface area contributed by atoms with Crippen LogP contribution in [0.2, 0.25) is 10.0 Å². The molecule has 0 saturated carbocycles. The van der Waals surface area contributed by atoms with E-state index in [0.29, 0.717) is 44.5 Å². The molecule has 0 bridgehead atoms. The number of oxime groups is 1. The Labute approximate surface area is 352 Å². The molecule has 0 atom stereocenters. The van der Waals surface area contributed by atoms with E-state index in [4.69, 9.17) is 47.0 Å². The van der Waals surface area contributed by atoms with Crippen LogP contribution in [0.4, 0.5) is 14.4 Å². The normalized spacial score (nSPS) is 11.8. The summed E-state index contributed by atoms with van der Waals surface area (Å²) >= 11 is 13.1. The van der Waals surface area contributed by atoms with Crippen molar-refractivity contribution in [1.29, 1.82) is 0 Å². The summed E-state index contributed by atoms with van der Waals surface area (Å²) < 4.78 is 21.6. The maximum atomic E-state index is 13.4. The van der Waals surface area contributed by atoms with E-state index in [1.807, 2.05) is 30.3 Å². The van der Waals surface area contributed by atoms with Crippen LogP contribution >= 0.6 is 23.2 Å².